The van der Waals surface area contributed by atoms with Gasteiger partial charge in [0, 0.05) is 30.2 Å². The first kappa shape index (κ1) is 38.0. The SMILES string of the molecule is COc1ccccc1NC(=O)C(C(N)=O)c1ccc(Oc2ccnc3cc(-c4ccc(OCCCN(C)C)c(OCCCN(C)C)c4)sc23)c(F)c1. The van der Waals surface area contributed by atoms with E-state index in [1.54, 1.807) is 36.5 Å². The van der Waals surface area contributed by atoms with Crippen LogP contribution in [0.4, 0.5) is 10.1 Å². The van der Waals surface area contributed by atoms with E-state index < -0.39 is 23.5 Å². The average molecular weight is 730 g/mol. The fourth-order valence-corrected chi connectivity index (χ4v) is 6.51. The second kappa shape index (κ2) is 17.8. The van der Waals surface area contributed by atoms with Gasteiger partial charge < -0.3 is 39.8 Å². The first-order valence-electron chi connectivity index (χ1n) is 16.8. The number of thiophene rings is 1. The number of fused-ring (bicyclic) bond motifs is 1. The highest BCUT2D eigenvalue weighted by molar-refractivity contribution is 7.22. The summed E-state index contributed by atoms with van der Waals surface area (Å²) in [6.45, 7) is 2.92. The lowest BCUT2D eigenvalue weighted by Gasteiger charge is -2.16. The molecule has 1 unspecified atom stereocenters. The van der Waals surface area contributed by atoms with E-state index in [-0.39, 0.29) is 11.3 Å². The van der Waals surface area contributed by atoms with Gasteiger partial charge in [0.25, 0.3) is 0 Å². The molecule has 0 aliphatic carbocycles. The number of pyridine rings is 1. The number of halogens is 1. The summed E-state index contributed by atoms with van der Waals surface area (Å²) in [5.41, 5.74) is 7.62. The number of primary amides is 1. The highest BCUT2D eigenvalue weighted by atomic mass is 32.1. The maximum atomic E-state index is 15.6. The van der Waals surface area contributed by atoms with Crippen LogP contribution in [0.3, 0.4) is 0 Å². The number of methoxy groups -OCH3 is 1. The molecule has 0 saturated carbocycles. The maximum Gasteiger partial charge on any atom is 0.241 e. The summed E-state index contributed by atoms with van der Waals surface area (Å²) >= 11 is 1.45. The van der Waals surface area contributed by atoms with Crippen LogP contribution in [0.25, 0.3) is 20.7 Å². The van der Waals surface area contributed by atoms with E-state index in [1.807, 2.05) is 52.5 Å². The highest BCUT2D eigenvalue weighted by Gasteiger charge is 2.28. The van der Waals surface area contributed by atoms with Crippen LogP contribution in [0.1, 0.15) is 24.3 Å². The highest BCUT2D eigenvalue weighted by Crippen LogP contribution is 2.42. The van der Waals surface area contributed by atoms with Crippen LogP contribution in [0, 0.1) is 5.82 Å². The first-order valence-corrected chi connectivity index (χ1v) is 17.6. The molecule has 2 heterocycles. The van der Waals surface area contributed by atoms with Crippen molar-refractivity contribution in [1.29, 1.82) is 0 Å². The number of anilines is 1. The molecule has 0 saturated heterocycles. The van der Waals surface area contributed by atoms with Gasteiger partial charge in [0.15, 0.2) is 23.1 Å². The third-order valence-corrected chi connectivity index (χ3v) is 9.23. The minimum absolute atomic E-state index is 0.0768. The number of benzene rings is 3. The number of ether oxygens (including phenoxy) is 4. The van der Waals surface area contributed by atoms with Gasteiger partial charge in [-0.2, -0.15) is 0 Å². The molecule has 0 spiro atoms. The van der Waals surface area contributed by atoms with Crippen molar-refractivity contribution in [1.82, 2.24) is 14.8 Å². The van der Waals surface area contributed by atoms with E-state index >= 15 is 4.39 Å². The molecule has 0 aliphatic rings. The predicted octanol–water partition coefficient (Wildman–Crippen LogP) is 6.77. The summed E-state index contributed by atoms with van der Waals surface area (Å²) in [6.07, 6.45) is 3.34. The van der Waals surface area contributed by atoms with E-state index in [0.29, 0.717) is 52.1 Å². The lowest BCUT2D eigenvalue weighted by atomic mass is 9.97. The number of rotatable bonds is 18. The van der Waals surface area contributed by atoms with Gasteiger partial charge in [0.2, 0.25) is 11.8 Å². The number of carbonyl (C=O) groups excluding carboxylic acids is 2. The Hall–Kier alpha value is -5.24. The molecule has 3 aromatic carbocycles. The van der Waals surface area contributed by atoms with Gasteiger partial charge in [-0.3, -0.25) is 14.6 Å². The first-order chi connectivity index (χ1) is 25.0. The second-order valence-corrected chi connectivity index (χ2v) is 13.7. The molecule has 5 rings (SSSR count). The number of para-hydroxylation sites is 2. The van der Waals surface area contributed by atoms with Crippen LogP contribution >= 0.6 is 11.3 Å². The molecule has 2 aromatic heterocycles. The topological polar surface area (TPSA) is 128 Å². The van der Waals surface area contributed by atoms with Crippen LogP contribution in [0.5, 0.6) is 28.7 Å². The van der Waals surface area contributed by atoms with Gasteiger partial charge in [-0.05, 0) is 101 Å². The molecule has 5 aromatic rings. The average Bonchev–Trinajstić information content (AvgIpc) is 3.55. The maximum absolute atomic E-state index is 15.6. The Morgan fingerprint density at radius 2 is 1.54 bits per heavy atom. The quantitative estimate of drug-likeness (QED) is 0.0742. The van der Waals surface area contributed by atoms with Gasteiger partial charge in [0.05, 0.1) is 36.2 Å². The van der Waals surface area contributed by atoms with Crippen LogP contribution in [-0.2, 0) is 9.59 Å². The Morgan fingerprint density at radius 3 is 2.21 bits per heavy atom. The van der Waals surface area contributed by atoms with Crippen LogP contribution < -0.4 is 30.0 Å². The second-order valence-electron chi connectivity index (χ2n) is 12.6. The summed E-state index contributed by atoms with van der Waals surface area (Å²) in [6, 6.07) is 20.1. The van der Waals surface area contributed by atoms with Crippen LogP contribution in [0.15, 0.2) is 79.0 Å². The summed E-state index contributed by atoms with van der Waals surface area (Å²) in [5.74, 6) is -1.84. The minimum atomic E-state index is -1.46. The monoisotopic (exact) mass is 729 g/mol. The van der Waals surface area contributed by atoms with E-state index in [0.717, 1.165) is 42.4 Å². The zero-order valence-electron chi connectivity index (χ0n) is 30.0. The summed E-state index contributed by atoms with van der Waals surface area (Å²) < 4.78 is 40.0. The standard InChI is InChI=1S/C39H44FN5O6S/c1-44(2)18-8-20-49-32-15-12-25(23-34(32)50-21-9-19-45(3)4)35-24-29-37(52-35)33(16-17-42-29)51-30-14-13-26(22-27(30)40)36(38(41)46)39(47)43-28-10-6-7-11-31(28)48-5/h6-7,10-17,22-24,36H,8-9,18-21H2,1-5H3,(H2,41,46)(H,43,47). The fraction of sp³-hybridized carbons (Fsp3) is 0.308. The zero-order valence-corrected chi connectivity index (χ0v) is 30.8. The minimum Gasteiger partial charge on any atom is -0.495 e. The number of aromatic nitrogens is 1. The van der Waals surface area contributed by atoms with Crippen LogP contribution in [0.2, 0.25) is 0 Å². The molecule has 13 heteroatoms. The predicted molar refractivity (Wildman–Crippen MR) is 202 cm³/mol. The van der Waals surface area contributed by atoms with Crippen molar-refractivity contribution >= 4 is 39.1 Å². The molecule has 3 N–H and O–H groups in total. The van der Waals surface area contributed by atoms with Crippen molar-refractivity contribution < 1.29 is 32.9 Å². The largest absolute Gasteiger partial charge is 0.495 e. The van der Waals surface area contributed by atoms with Crippen molar-refractivity contribution in [3.05, 3.63) is 90.4 Å². The van der Waals surface area contributed by atoms with E-state index in [2.05, 4.69) is 20.1 Å². The molecule has 11 nitrogen and oxygen atoms in total. The molecule has 0 radical (unpaired) electrons. The number of nitrogens with zero attached hydrogens (tertiary/aromatic N) is 3. The summed E-state index contributed by atoms with van der Waals surface area (Å²) in [5, 5.41) is 2.65. The van der Waals surface area contributed by atoms with Gasteiger partial charge in [-0.15, -0.1) is 11.3 Å². The van der Waals surface area contributed by atoms with Gasteiger partial charge in [-0.25, -0.2) is 4.39 Å². The Labute approximate surface area is 307 Å². The van der Waals surface area contributed by atoms with Crippen molar-refractivity contribution in [2.75, 3.05) is 66.9 Å². The molecule has 274 valence electrons. The number of nitrogens with one attached hydrogen (secondary N) is 1. The molecule has 0 bridgehead atoms. The third-order valence-electron chi connectivity index (χ3n) is 8.04. The molecule has 1 atom stereocenters. The van der Waals surface area contributed by atoms with Crippen molar-refractivity contribution in [2.24, 2.45) is 5.73 Å². The van der Waals surface area contributed by atoms with Crippen LogP contribution in [-0.4, -0.2) is 88.2 Å². The number of hydrogen-bond acceptors (Lipinski definition) is 10. The summed E-state index contributed by atoms with van der Waals surface area (Å²) in [4.78, 5) is 35.2. The summed E-state index contributed by atoms with van der Waals surface area (Å²) in [7, 11) is 9.59. The van der Waals surface area contributed by atoms with Gasteiger partial charge in [0.1, 0.15) is 17.4 Å². The smallest absolute Gasteiger partial charge is 0.241 e. The fourth-order valence-electron chi connectivity index (χ4n) is 5.45. The molecule has 52 heavy (non-hydrogen) atoms. The van der Waals surface area contributed by atoms with Crippen molar-refractivity contribution in [3.8, 4) is 39.2 Å². The molecule has 0 fully saturated rings. The Kier molecular flexibility index (Phi) is 13.0. The zero-order chi connectivity index (χ0) is 37.2. The Morgan fingerprint density at radius 1 is 0.846 bits per heavy atom. The van der Waals surface area contributed by atoms with Gasteiger partial charge >= 0.3 is 0 Å². The van der Waals surface area contributed by atoms with E-state index in [9.17, 15) is 9.59 Å². The normalized spacial score (nSPS) is 11.8. The molecular weight excluding hydrogens is 686 g/mol. The van der Waals surface area contributed by atoms with E-state index in [1.165, 1.54) is 30.6 Å². The third kappa shape index (κ3) is 9.75. The van der Waals surface area contributed by atoms with Crippen molar-refractivity contribution in [2.45, 2.75) is 18.8 Å². The molecule has 2 amide bonds. The number of nitrogens with two attached hydrogens (primary N) is 1. The van der Waals surface area contributed by atoms with Crippen molar-refractivity contribution in [3.63, 3.8) is 0 Å². The van der Waals surface area contributed by atoms with E-state index in [4.69, 9.17) is 24.7 Å². The lowest BCUT2D eigenvalue weighted by molar-refractivity contribution is -0.127. The Balaban J connectivity index is 1.36. The Bertz CT molecular complexity index is 2000. The number of hydrogen-bond donors (Lipinski definition) is 2. The molecular formula is C39H44FN5O6S. The lowest BCUT2D eigenvalue weighted by Crippen LogP contribution is -2.32. The van der Waals surface area contributed by atoms with Gasteiger partial charge in [-0.1, -0.05) is 18.2 Å². The molecule has 0 aliphatic heterocycles. The number of amides is 2. The number of carbonyl (C=O) groups is 2.